The molecule has 3 aliphatic rings. The number of hydrogen-bond acceptors (Lipinski definition) is 8. The third kappa shape index (κ3) is 8.44. The standard InChI is InChI=1S/C30H41FN6O7/c1-29(2,3)44-28(42)35-22-10-8-6-4-5-7-9-18-14-30(18,26(32)40)36-24(38)23-13-21(17-37(23)25(22)39)43-27(41)34-16-20-12-11-19(31)15-33-20/h7,9,11-12,15,18,21-23H,4-6,8,10,13-14,16-17H2,1-3H3,(H2,32,40)(H,34,41)(H,35,42)(H,36,38)/b9-7-/t18-,21-,22+,23+,30-/m1/s1. The van der Waals surface area contributed by atoms with E-state index in [-0.39, 0.29) is 25.4 Å². The normalized spacial score (nSPS) is 28.2. The number of alkyl carbamates (subject to hydrolysis) is 2. The lowest BCUT2D eigenvalue weighted by molar-refractivity contribution is -0.141. The Bertz CT molecular complexity index is 1280. The van der Waals surface area contributed by atoms with E-state index in [1.54, 1.807) is 20.8 Å². The van der Waals surface area contributed by atoms with E-state index in [4.69, 9.17) is 15.2 Å². The minimum atomic E-state index is -1.27. The van der Waals surface area contributed by atoms with Crippen LogP contribution >= 0.6 is 0 Å². The highest BCUT2D eigenvalue weighted by Gasteiger charge is 2.60. The molecule has 1 saturated carbocycles. The van der Waals surface area contributed by atoms with Gasteiger partial charge in [-0.3, -0.25) is 19.4 Å². The molecular formula is C30H41FN6O7. The molecule has 44 heavy (non-hydrogen) atoms. The summed E-state index contributed by atoms with van der Waals surface area (Å²) < 4.78 is 24.1. The van der Waals surface area contributed by atoms with E-state index in [0.717, 1.165) is 25.5 Å². The molecule has 4 rings (SSSR count). The Morgan fingerprint density at radius 1 is 1.18 bits per heavy atom. The Morgan fingerprint density at radius 3 is 2.64 bits per heavy atom. The Labute approximate surface area is 255 Å². The van der Waals surface area contributed by atoms with Crippen molar-refractivity contribution in [3.63, 3.8) is 0 Å². The first-order chi connectivity index (χ1) is 20.8. The predicted molar refractivity (Wildman–Crippen MR) is 155 cm³/mol. The first kappa shape index (κ1) is 32.7. The quantitative estimate of drug-likeness (QED) is 0.363. The number of fused-ring (bicyclic) bond motifs is 2. The molecule has 1 aromatic rings. The van der Waals surface area contributed by atoms with Gasteiger partial charge in [0.1, 0.15) is 35.1 Å². The molecule has 13 nitrogen and oxygen atoms in total. The number of allylic oxidation sites excluding steroid dienone is 1. The van der Waals surface area contributed by atoms with E-state index in [1.165, 1.54) is 17.0 Å². The summed E-state index contributed by atoms with van der Waals surface area (Å²) in [5, 5.41) is 7.96. The van der Waals surface area contributed by atoms with Crippen LogP contribution in [0, 0.1) is 11.7 Å². The molecule has 0 aromatic carbocycles. The van der Waals surface area contributed by atoms with Gasteiger partial charge in [-0.15, -0.1) is 0 Å². The molecular weight excluding hydrogens is 575 g/mol. The Hall–Kier alpha value is -4.23. The molecule has 14 heteroatoms. The summed E-state index contributed by atoms with van der Waals surface area (Å²) in [4.78, 5) is 70.5. The number of pyridine rings is 1. The van der Waals surface area contributed by atoms with E-state index in [0.29, 0.717) is 25.0 Å². The summed E-state index contributed by atoms with van der Waals surface area (Å²) in [6.07, 6.45) is 6.00. The van der Waals surface area contributed by atoms with Gasteiger partial charge < -0.3 is 36.1 Å². The molecule has 2 fully saturated rings. The Balaban J connectivity index is 1.53. The summed E-state index contributed by atoms with van der Waals surface area (Å²) >= 11 is 0. The predicted octanol–water partition coefficient (Wildman–Crippen LogP) is 2.19. The van der Waals surface area contributed by atoms with Crippen LogP contribution in [-0.2, 0) is 30.4 Å². The van der Waals surface area contributed by atoms with Crippen molar-refractivity contribution >= 4 is 29.9 Å². The highest BCUT2D eigenvalue weighted by molar-refractivity contribution is 5.97. The smallest absolute Gasteiger partial charge is 0.408 e. The van der Waals surface area contributed by atoms with Crippen LogP contribution in [0.15, 0.2) is 30.5 Å². The van der Waals surface area contributed by atoms with Gasteiger partial charge in [0.15, 0.2) is 0 Å². The largest absolute Gasteiger partial charge is 0.444 e. The number of aromatic nitrogens is 1. The number of amides is 5. The number of nitrogens with two attached hydrogens (primary N) is 1. The molecule has 1 aliphatic carbocycles. The van der Waals surface area contributed by atoms with E-state index >= 15 is 0 Å². The summed E-state index contributed by atoms with van der Waals surface area (Å²) in [6.45, 7) is 4.96. The average molecular weight is 617 g/mol. The van der Waals surface area contributed by atoms with E-state index in [2.05, 4.69) is 20.9 Å². The number of carbonyl (C=O) groups excluding carboxylic acids is 5. The van der Waals surface area contributed by atoms with Gasteiger partial charge in [-0.25, -0.2) is 14.0 Å². The topological polar surface area (TPSA) is 182 Å². The van der Waals surface area contributed by atoms with E-state index in [9.17, 15) is 28.4 Å². The minimum absolute atomic E-state index is 0.0314. The first-order valence-corrected chi connectivity index (χ1v) is 14.9. The van der Waals surface area contributed by atoms with Crippen LogP contribution in [0.5, 0.6) is 0 Å². The molecule has 5 amide bonds. The summed E-state index contributed by atoms with van der Waals surface area (Å²) in [6, 6.07) is 0.519. The van der Waals surface area contributed by atoms with E-state index in [1.807, 2.05) is 12.2 Å². The van der Waals surface area contributed by atoms with Crippen molar-refractivity contribution in [2.24, 2.45) is 11.7 Å². The summed E-state index contributed by atoms with van der Waals surface area (Å²) in [5.41, 5.74) is 4.04. The van der Waals surface area contributed by atoms with Crippen LogP contribution in [0.25, 0.3) is 0 Å². The third-order valence-electron chi connectivity index (χ3n) is 7.85. The first-order valence-electron chi connectivity index (χ1n) is 14.9. The monoisotopic (exact) mass is 616 g/mol. The van der Waals surface area contributed by atoms with Crippen molar-refractivity contribution in [3.05, 3.63) is 42.0 Å². The van der Waals surface area contributed by atoms with Gasteiger partial charge >= 0.3 is 12.2 Å². The highest BCUT2D eigenvalue weighted by atomic mass is 19.1. The van der Waals surface area contributed by atoms with Crippen LogP contribution in [0.1, 0.15) is 71.4 Å². The lowest BCUT2D eigenvalue weighted by Gasteiger charge is -2.30. The number of carbonyl (C=O) groups is 5. The Kier molecular flexibility index (Phi) is 10.1. The number of rotatable bonds is 5. The van der Waals surface area contributed by atoms with Gasteiger partial charge in [0.25, 0.3) is 0 Å². The fourth-order valence-corrected chi connectivity index (χ4v) is 5.51. The van der Waals surface area contributed by atoms with Crippen molar-refractivity contribution in [3.8, 4) is 0 Å². The molecule has 3 heterocycles. The van der Waals surface area contributed by atoms with Gasteiger partial charge in [0, 0.05) is 12.3 Å². The molecule has 240 valence electrons. The summed E-state index contributed by atoms with van der Waals surface area (Å²) in [7, 11) is 0. The number of nitrogens with zero attached hydrogens (tertiary/aromatic N) is 2. The fourth-order valence-electron chi connectivity index (χ4n) is 5.51. The molecule has 5 N–H and O–H groups in total. The van der Waals surface area contributed by atoms with Crippen molar-refractivity contribution in [2.45, 2.75) is 102 Å². The maximum Gasteiger partial charge on any atom is 0.408 e. The maximum absolute atomic E-state index is 14.0. The SMILES string of the molecule is CC(C)(C)OC(=O)N[C@H]1CCCCC/C=C\[C@@H]2C[C@@]2(C(N)=O)NC(=O)[C@@H]2C[C@@H](OC(=O)NCc3ccc(F)cn3)CN2C1=O. The number of nitrogens with one attached hydrogen (secondary N) is 3. The second kappa shape index (κ2) is 13.6. The molecule has 0 unspecified atom stereocenters. The lowest BCUT2D eigenvalue weighted by atomic mass is 10.0. The zero-order chi connectivity index (χ0) is 32.1. The van der Waals surface area contributed by atoms with Gasteiger partial charge in [-0.05, 0) is 58.6 Å². The third-order valence-corrected chi connectivity index (χ3v) is 7.85. The number of primary amides is 1. The highest BCUT2D eigenvalue weighted by Crippen LogP contribution is 2.45. The maximum atomic E-state index is 14.0. The van der Waals surface area contributed by atoms with Crippen molar-refractivity contribution in [1.29, 1.82) is 0 Å². The average Bonchev–Trinajstić information content (AvgIpc) is 3.48. The van der Waals surface area contributed by atoms with Crippen LogP contribution in [0.3, 0.4) is 0 Å². The molecule has 2 aliphatic heterocycles. The van der Waals surface area contributed by atoms with Crippen LogP contribution in [0.4, 0.5) is 14.0 Å². The van der Waals surface area contributed by atoms with Crippen LogP contribution < -0.4 is 21.7 Å². The van der Waals surface area contributed by atoms with Gasteiger partial charge in [0.05, 0.1) is 25.0 Å². The number of hydrogen-bond donors (Lipinski definition) is 4. The zero-order valence-electron chi connectivity index (χ0n) is 25.3. The van der Waals surface area contributed by atoms with Crippen molar-refractivity contribution in [2.75, 3.05) is 6.54 Å². The Morgan fingerprint density at radius 2 is 1.95 bits per heavy atom. The fraction of sp³-hybridized carbons (Fsp3) is 0.600. The number of ether oxygens (including phenoxy) is 2. The van der Waals surface area contributed by atoms with Crippen molar-refractivity contribution < 1.29 is 37.8 Å². The second-order valence-electron chi connectivity index (χ2n) is 12.5. The van der Waals surface area contributed by atoms with Gasteiger partial charge in [-0.1, -0.05) is 25.0 Å². The minimum Gasteiger partial charge on any atom is -0.444 e. The molecule has 5 atom stereocenters. The van der Waals surface area contributed by atoms with Crippen molar-refractivity contribution in [1.82, 2.24) is 25.8 Å². The molecule has 0 spiro atoms. The van der Waals surface area contributed by atoms with Crippen LogP contribution in [-0.4, -0.2) is 75.7 Å². The second-order valence-corrected chi connectivity index (χ2v) is 12.5. The molecule has 1 saturated heterocycles. The molecule has 0 bridgehead atoms. The van der Waals surface area contributed by atoms with E-state index < -0.39 is 65.1 Å². The van der Waals surface area contributed by atoms with Gasteiger partial charge in [-0.2, -0.15) is 0 Å². The molecule has 1 aromatic heterocycles. The van der Waals surface area contributed by atoms with Crippen LogP contribution in [0.2, 0.25) is 0 Å². The zero-order valence-corrected chi connectivity index (χ0v) is 25.3. The summed E-state index contributed by atoms with van der Waals surface area (Å²) in [5.74, 6) is -2.60. The number of halogens is 1. The lowest BCUT2D eigenvalue weighted by Crippen LogP contribution is -2.57. The van der Waals surface area contributed by atoms with Gasteiger partial charge in [0.2, 0.25) is 17.7 Å². The molecule has 0 radical (unpaired) electrons.